The highest BCUT2D eigenvalue weighted by atomic mass is 16.5. The number of hydrogen-bond acceptors (Lipinski definition) is 3. The van der Waals surface area contributed by atoms with Crippen molar-refractivity contribution in [2.75, 3.05) is 26.3 Å². The number of aliphatic hydroxyl groups excluding tert-OH is 2. The predicted molar refractivity (Wildman–Crippen MR) is 85.4 cm³/mol. The van der Waals surface area contributed by atoms with Crippen LogP contribution >= 0.6 is 0 Å². The molecule has 0 radical (unpaired) electrons. The largest absolute Gasteiger partial charge is 0.391 e. The molecular weight excluding hydrogens is 278 g/mol. The van der Waals surface area contributed by atoms with Crippen LogP contribution in [0.25, 0.3) is 0 Å². The number of quaternary nitrogens is 1. The molecule has 2 aromatic carbocycles. The van der Waals surface area contributed by atoms with E-state index in [-0.39, 0.29) is 19.3 Å². The first-order valence-electron chi connectivity index (χ1n) is 7.63. The predicted octanol–water partition coefficient (Wildman–Crippen LogP) is 0.709. The van der Waals surface area contributed by atoms with E-state index in [2.05, 4.69) is 0 Å². The Balaban J connectivity index is 2.00. The number of ether oxygens (including phenoxy) is 1. The van der Waals surface area contributed by atoms with Gasteiger partial charge in [-0.15, -0.1) is 0 Å². The summed E-state index contributed by atoms with van der Waals surface area (Å²) in [6, 6.07) is 20.0. The highest BCUT2D eigenvalue weighted by molar-refractivity contribution is 5.29. The molecule has 4 heteroatoms. The summed E-state index contributed by atoms with van der Waals surface area (Å²) in [6.07, 6.45) is -0.739. The lowest BCUT2D eigenvalue weighted by Crippen LogP contribution is -2.87. The van der Waals surface area contributed by atoms with Crippen molar-refractivity contribution >= 4 is 0 Å². The van der Waals surface area contributed by atoms with Gasteiger partial charge in [-0.25, -0.2) is 0 Å². The van der Waals surface area contributed by atoms with Gasteiger partial charge in [-0.1, -0.05) is 60.7 Å². The highest BCUT2D eigenvalue weighted by Crippen LogP contribution is 2.25. The SMILES string of the molecule is OCC[NH2+]C[C@H](O)COC(c1ccccc1)c1ccccc1. The van der Waals surface area contributed by atoms with Gasteiger partial charge in [-0.05, 0) is 11.1 Å². The summed E-state index contributed by atoms with van der Waals surface area (Å²) in [7, 11) is 0. The monoisotopic (exact) mass is 302 g/mol. The third-order valence-electron chi connectivity index (χ3n) is 3.43. The minimum Gasteiger partial charge on any atom is -0.391 e. The molecule has 0 aliphatic carbocycles. The molecule has 0 saturated carbocycles. The molecule has 118 valence electrons. The van der Waals surface area contributed by atoms with Gasteiger partial charge in [0.05, 0.1) is 19.8 Å². The van der Waals surface area contributed by atoms with Gasteiger partial charge in [0.1, 0.15) is 18.8 Å². The number of rotatable bonds is 9. The van der Waals surface area contributed by atoms with E-state index in [1.807, 2.05) is 66.0 Å². The summed E-state index contributed by atoms with van der Waals surface area (Å²) >= 11 is 0. The lowest BCUT2D eigenvalue weighted by molar-refractivity contribution is -0.662. The molecule has 0 fully saturated rings. The molecule has 0 spiro atoms. The molecule has 0 aliphatic heterocycles. The van der Waals surface area contributed by atoms with E-state index in [0.29, 0.717) is 13.1 Å². The van der Waals surface area contributed by atoms with E-state index in [9.17, 15) is 5.11 Å². The molecule has 4 nitrogen and oxygen atoms in total. The van der Waals surface area contributed by atoms with Gasteiger partial charge < -0.3 is 20.3 Å². The third kappa shape index (κ3) is 5.24. The van der Waals surface area contributed by atoms with Crippen LogP contribution in [0.4, 0.5) is 0 Å². The van der Waals surface area contributed by atoms with Crippen LogP contribution in [0.1, 0.15) is 17.2 Å². The molecule has 2 aromatic rings. The molecule has 0 unspecified atom stereocenters. The molecule has 0 aromatic heterocycles. The van der Waals surface area contributed by atoms with Crippen molar-refractivity contribution < 1.29 is 20.3 Å². The summed E-state index contributed by atoms with van der Waals surface area (Å²) in [5.41, 5.74) is 2.14. The fourth-order valence-corrected chi connectivity index (χ4v) is 2.32. The zero-order valence-corrected chi connectivity index (χ0v) is 12.6. The summed E-state index contributed by atoms with van der Waals surface area (Å²) in [5, 5.41) is 20.6. The molecule has 4 N–H and O–H groups in total. The molecule has 0 saturated heterocycles. The Morgan fingerprint density at radius 2 is 1.45 bits per heavy atom. The molecule has 2 rings (SSSR count). The van der Waals surface area contributed by atoms with Crippen molar-refractivity contribution in [3.8, 4) is 0 Å². The number of hydrogen-bond donors (Lipinski definition) is 3. The Labute approximate surface area is 131 Å². The highest BCUT2D eigenvalue weighted by Gasteiger charge is 2.16. The van der Waals surface area contributed by atoms with Crippen LogP contribution in [-0.4, -0.2) is 42.6 Å². The zero-order valence-electron chi connectivity index (χ0n) is 12.6. The van der Waals surface area contributed by atoms with Crippen LogP contribution in [0, 0.1) is 0 Å². The summed E-state index contributed by atoms with van der Waals surface area (Å²) in [5.74, 6) is 0. The van der Waals surface area contributed by atoms with Gasteiger partial charge in [0.25, 0.3) is 0 Å². The maximum absolute atomic E-state index is 9.98. The Morgan fingerprint density at radius 1 is 0.909 bits per heavy atom. The van der Waals surface area contributed by atoms with E-state index in [1.54, 1.807) is 0 Å². The second-order valence-corrected chi connectivity index (χ2v) is 5.23. The van der Waals surface area contributed by atoms with E-state index >= 15 is 0 Å². The minimum atomic E-state index is -0.554. The molecule has 1 atom stereocenters. The van der Waals surface area contributed by atoms with Crippen LogP contribution in [0.2, 0.25) is 0 Å². The molecule has 0 aliphatic rings. The minimum absolute atomic E-state index is 0.115. The Morgan fingerprint density at radius 3 is 1.95 bits per heavy atom. The van der Waals surface area contributed by atoms with Gasteiger partial charge in [0, 0.05) is 0 Å². The Kier molecular flexibility index (Phi) is 7.06. The number of aliphatic hydroxyl groups is 2. The fourth-order valence-electron chi connectivity index (χ4n) is 2.32. The quantitative estimate of drug-likeness (QED) is 0.598. The van der Waals surface area contributed by atoms with E-state index in [0.717, 1.165) is 11.1 Å². The molecule has 22 heavy (non-hydrogen) atoms. The van der Waals surface area contributed by atoms with Gasteiger partial charge in [-0.2, -0.15) is 0 Å². The maximum Gasteiger partial charge on any atom is 0.126 e. The Hall–Kier alpha value is -1.72. The van der Waals surface area contributed by atoms with E-state index in [4.69, 9.17) is 9.84 Å². The van der Waals surface area contributed by atoms with Gasteiger partial charge in [0.15, 0.2) is 0 Å². The fraction of sp³-hybridized carbons (Fsp3) is 0.333. The number of nitrogens with two attached hydrogens (primary N) is 1. The summed E-state index contributed by atoms with van der Waals surface area (Å²) < 4.78 is 5.97. The van der Waals surface area contributed by atoms with E-state index in [1.165, 1.54) is 0 Å². The normalized spacial score (nSPS) is 12.5. The van der Waals surface area contributed by atoms with Crippen LogP contribution in [-0.2, 0) is 4.74 Å². The smallest absolute Gasteiger partial charge is 0.126 e. The molecule has 0 heterocycles. The zero-order chi connectivity index (χ0) is 15.6. The lowest BCUT2D eigenvalue weighted by Gasteiger charge is -2.20. The van der Waals surface area contributed by atoms with Crippen molar-refractivity contribution in [3.05, 3.63) is 71.8 Å². The van der Waals surface area contributed by atoms with Gasteiger partial charge in [-0.3, -0.25) is 0 Å². The van der Waals surface area contributed by atoms with Crippen LogP contribution < -0.4 is 5.32 Å². The Bertz CT molecular complexity index is 479. The average Bonchev–Trinajstić information content (AvgIpc) is 2.57. The van der Waals surface area contributed by atoms with Crippen molar-refractivity contribution in [2.45, 2.75) is 12.2 Å². The topological polar surface area (TPSA) is 66.3 Å². The maximum atomic E-state index is 9.98. The summed E-state index contributed by atoms with van der Waals surface area (Å²) in [4.78, 5) is 0. The first-order chi connectivity index (χ1) is 10.8. The van der Waals surface area contributed by atoms with E-state index < -0.39 is 6.10 Å². The van der Waals surface area contributed by atoms with Gasteiger partial charge in [0.2, 0.25) is 0 Å². The lowest BCUT2D eigenvalue weighted by atomic mass is 10.0. The van der Waals surface area contributed by atoms with Crippen molar-refractivity contribution in [2.24, 2.45) is 0 Å². The van der Waals surface area contributed by atoms with Crippen LogP contribution in [0.3, 0.4) is 0 Å². The van der Waals surface area contributed by atoms with Gasteiger partial charge >= 0.3 is 0 Å². The second kappa shape index (κ2) is 9.33. The van der Waals surface area contributed by atoms with Crippen LogP contribution in [0.5, 0.6) is 0 Å². The molecule has 0 bridgehead atoms. The molecular formula is C18H24NO3+. The third-order valence-corrected chi connectivity index (χ3v) is 3.43. The first kappa shape index (κ1) is 16.6. The van der Waals surface area contributed by atoms with Crippen molar-refractivity contribution in [3.63, 3.8) is 0 Å². The van der Waals surface area contributed by atoms with Crippen molar-refractivity contribution in [1.82, 2.24) is 0 Å². The average molecular weight is 302 g/mol. The molecule has 0 amide bonds. The van der Waals surface area contributed by atoms with Crippen LogP contribution in [0.15, 0.2) is 60.7 Å². The first-order valence-corrected chi connectivity index (χ1v) is 7.63. The standard InChI is InChI=1S/C18H23NO3/c20-12-11-19-13-17(21)14-22-18(15-7-3-1-4-8-15)16-9-5-2-6-10-16/h1-10,17-21H,11-14H2/p+1/t17-/m0/s1. The number of benzene rings is 2. The van der Waals surface area contributed by atoms with Crippen molar-refractivity contribution in [1.29, 1.82) is 0 Å². The second-order valence-electron chi connectivity index (χ2n) is 5.23. The summed E-state index contributed by atoms with van der Waals surface area (Å²) in [6.45, 7) is 1.50.